The van der Waals surface area contributed by atoms with E-state index in [1.807, 2.05) is 36.0 Å². The van der Waals surface area contributed by atoms with Gasteiger partial charge in [-0.3, -0.25) is 9.59 Å². The first-order valence-electron chi connectivity index (χ1n) is 8.39. The van der Waals surface area contributed by atoms with E-state index < -0.39 is 15.9 Å². The van der Waals surface area contributed by atoms with E-state index in [-0.39, 0.29) is 29.3 Å². The fraction of sp³-hybridized carbons (Fsp3) is 0.158. The van der Waals surface area contributed by atoms with Gasteiger partial charge in [-0.2, -0.15) is 0 Å². The summed E-state index contributed by atoms with van der Waals surface area (Å²) in [5.41, 5.74) is 1.77. The molecule has 1 N–H and O–H groups in total. The third-order valence-electron chi connectivity index (χ3n) is 4.66. The van der Waals surface area contributed by atoms with Gasteiger partial charge < -0.3 is 9.88 Å². The molecule has 2 heterocycles. The second-order valence-corrected chi connectivity index (χ2v) is 8.17. The van der Waals surface area contributed by atoms with Crippen molar-refractivity contribution >= 4 is 38.4 Å². The first-order valence-corrected chi connectivity index (χ1v) is 9.83. The Balaban J connectivity index is 1.49. The number of benzene rings is 2. The maximum atomic E-state index is 12.5. The van der Waals surface area contributed by atoms with E-state index in [9.17, 15) is 18.0 Å². The number of carbonyl (C=O) groups excluding carboxylic acids is 2. The predicted molar refractivity (Wildman–Crippen MR) is 101 cm³/mol. The molecule has 0 saturated heterocycles. The lowest BCUT2D eigenvalue weighted by Crippen LogP contribution is -2.33. The lowest BCUT2D eigenvalue weighted by Gasteiger charge is -2.15. The molecule has 7 nitrogen and oxygen atoms in total. The van der Waals surface area contributed by atoms with Gasteiger partial charge >= 0.3 is 0 Å². The number of nitrogens with one attached hydrogen (secondary N) is 1. The topological polar surface area (TPSA) is 88.5 Å². The summed E-state index contributed by atoms with van der Waals surface area (Å²) in [6.45, 7) is -0.202. The van der Waals surface area contributed by atoms with Crippen molar-refractivity contribution < 1.29 is 18.0 Å². The molecule has 138 valence electrons. The summed E-state index contributed by atoms with van der Waals surface area (Å²) in [6, 6.07) is 13.5. The van der Waals surface area contributed by atoms with Crippen molar-refractivity contribution in [2.75, 3.05) is 11.9 Å². The van der Waals surface area contributed by atoms with E-state index in [1.54, 1.807) is 18.2 Å². The zero-order valence-electron chi connectivity index (χ0n) is 14.5. The highest BCUT2D eigenvalue weighted by Gasteiger charge is 2.40. The average molecular weight is 383 g/mol. The Kier molecular flexibility index (Phi) is 4.00. The van der Waals surface area contributed by atoms with Crippen molar-refractivity contribution in [3.05, 3.63) is 60.3 Å². The van der Waals surface area contributed by atoms with E-state index in [4.69, 9.17) is 0 Å². The van der Waals surface area contributed by atoms with Crippen molar-refractivity contribution in [2.45, 2.75) is 11.3 Å². The number of fused-ring (bicyclic) bond motifs is 2. The summed E-state index contributed by atoms with van der Waals surface area (Å²) in [5, 5.41) is 3.69. The van der Waals surface area contributed by atoms with Gasteiger partial charge in [0.25, 0.3) is 15.9 Å². The SMILES string of the molecule is Cn1ccc2c(NC(=O)CCN3C(=O)c4ccccc4S3(=O)=O)cccc21. The van der Waals surface area contributed by atoms with Crippen LogP contribution in [0.5, 0.6) is 0 Å². The normalized spacial score (nSPS) is 15.1. The number of rotatable bonds is 4. The van der Waals surface area contributed by atoms with Crippen LogP contribution in [0.1, 0.15) is 16.8 Å². The largest absolute Gasteiger partial charge is 0.350 e. The number of hydrogen-bond acceptors (Lipinski definition) is 4. The van der Waals surface area contributed by atoms with E-state index in [2.05, 4.69) is 5.32 Å². The van der Waals surface area contributed by atoms with Crippen LogP contribution in [-0.2, 0) is 21.9 Å². The highest BCUT2D eigenvalue weighted by atomic mass is 32.2. The smallest absolute Gasteiger partial charge is 0.269 e. The second kappa shape index (κ2) is 6.24. The average Bonchev–Trinajstić information content (AvgIpc) is 3.11. The molecule has 0 radical (unpaired) electrons. The standard InChI is InChI=1S/C19H17N3O4S/c1-21-11-9-13-15(6-4-7-16(13)21)20-18(23)10-12-22-19(24)14-5-2-3-8-17(14)27(22,25)26/h2-9,11H,10,12H2,1H3,(H,20,23). The van der Waals surface area contributed by atoms with Gasteiger partial charge in [0, 0.05) is 37.1 Å². The molecule has 0 spiro atoms. The summed E-state index contributed by atoms with van der Waals surface area (Å²) in [4.78, 5) is 24.7. The molecule has 0 aliphatic carbocycles. The Bertz CT molecular complexity index is 1180. The van der Waals surface area contributed by atoms with Crippen LogP contribution in [-0.4, -0.2) is 35.6 Å². The molecule has 1 aliphatic rings. The molecule has 8 heteroatoms. The third-order valence-corrected chi connectivity index (χ3v) is 6.50. The Labute approximate surface area is 156 Å². The quantitative estimate of drug-likeness (QED) is 0.749. The third kappa shape index (κ3) is 2.78. The Hall–Kier alpha value is -3.13. The van der Waals surface area contributed by atoms with Crippen LogP contribution in [0.3, 0.4) is 0 Å². The predicted octanol–water partition coefficient (Wildman–Crippen LogP) is 2.35. The van der Waals surface area contributed by atoms with Crippen molar-refractivity contribution in [1.29, 1.82) is 0 Å². The van der Waals surface area contributed by atoms with Gasteiger partial charge in [-0.1, -0.05) is 18.2 Å². The van der Waals surface area contributed by atoms with Crippen molar-refractivity contribution in [3.8, 4) is 0 Å². The lowest BCUT2D eigenvalue weighted by molar-refractivity contribution is -0.116. The Morgan fingerprint density at radius 2 is 1.85 bits per heavy atom. The molecular formula is C19H17N3O4S. The van der Waals surface area contributed by atoms with Gasteiger partial charge in [-0.25, -0.2) is 12.7 Å². The van der Waals surface area contributed by atoms with Crippen LogP contribution >= 0.6 is 0 Å². The van der Waals surface area contributed by atoms with Crippen LogP contribution in [0.25, 0.3) is 10.9 Å². The summed E-state index contributed by atoms with van der Waals surface area (Å²) in [6.07, 6.45) is 1.77. The van der Waals surface area contributed by atoms with Gasteiger partial charge in [0.05, 0.1) is 11.3 Å². The number of nitrogens with zero attached hydrogens (tertiary/aromatic N) is 2. The van der Waals surface area contributed by atoms with Crippen LogP contribution < -0.4 is 5.32 Å². The molecule has 1 aromatic heterocycles. The minimum absolute atomic E-state index is 0.00976. The maximum absolute atomic E-state index is 12.5. The van der Waals surface area contributed by atoms with Gasteiger partial charge in [-0.15, -0.1) is 0 Å². The zero-order valence-corrected chi connectivity index (χ0v) is 15.4. The minimum atomic E-state index is -3.89. The number of carbonyl (C=O) groups is 2. The summed E-state index contributed by atoms with van der Waals surface area (Å²) < 4.78 is 27.7. The van der Waals surface area contributed by atoms with Crippen molar-refractivity contribution in [2.24, 2.45) is 7.05 Å². The van der Waals surface area contributed by atoms with E-state index in [0.29, 0.717) is 5.69 Å². The Morgan fingerprint density at radius 1 is 1.07 bits per heavy atom. The molecule has 0 fully saturated rings. The van der Waals surface area contributed by atoms with E-state index >= 15 is 0 Å². The molecule has 0 atom stereocenters. The molecule has 1 aliphatic heterocycles. The minimum Gasteiger partial charge on any atom is -0.350 e. The van der Waals surface area contributed by atoms with Gasteiger partial charge in [0.1, 0.15) is 4.90 Å². The number of aryl methyl sites for hydroxylation is 1. The lowest BCUT2D eigenvalue weighted by atomic mass is 10.2. The first kappa shape index (κ1) is 17.3. The molecular weight excluding hydrogens is 366 g/mol. The zero-order chi connectivity index (χ0) is 19.2. The van der Waals surface area contributed by atoms with Gasteiger partial charge in [0.2, 0.25) is 5.91 Å². The number of hydrogen-bond donors (Lipinski definition) is 1. The summed E-state index contributed by atoms with van der Waals surface area (Å²) in [5.74, 6) is -0.950. The van der Waals surface area contributed by atoms with Crippen LogP contribution in [0.15, 0.2) is 59.6 Å². The molecule has 0 bridgehead atoms. The summed E-state index contributed by atoms with van der Waals surface area (Å²) >= 11 is 0. The molecule has 4 rings (SSSR count). The van der Waals surface area contributed by atoms with Gasteiger partial charge in [0.15, 0.2) is 0 Å². The molecule has 3 aromatic rings. The molecule has 0 unspecified atom stereocenters. The maximum Gasteiger partial charge on any atom is 0.269 e. The molecule has 0 saturated carbocycles. The number of anilines is 1. The Morgan fingerprint density at radius 3 is 2.63 bits per heavy atom. The first-order chi connectivity index (χ1) is 12.9. The highest BCUT2D eigenvalue weighted by molar-refractivity contribution is 7.90. The molecule has 27 heavy (non-hydrogen) atoms. The van der Waals surface area contributed by atoms with Gasteiger partial charge in [-0.05, 0) is 30.3 Å². The van der Waals surface area contributed by atoms with Crippen molar-refractivity contribution in [1.82, 2.24) is 8.87 Å². The monoisotopic (exact) mass is 383 g/mol. The number of sulfonamides is 1. The highest BCUT2D eigenvalue weighted by Crippen LogP contribution is 2.30. The van der Waals surface area contributed by atoms with Crippen molar-refractivity contribution in [3.63, 3.8) is 0 Å². The fourth-order valence-electron chi connectivity index (χ4n) is 3.28. The van der Waals surface area contributed by atoms with Crippen LogP contribution in [0, 0.1) is 0 Å². The van der Waals surface area contributed by atoms with E-state index in [1.165, 1.54) is 12.1 Å². The molecule has 2 amide bonds. The number of aromatic nitrogens is 1. The molecule has 2 aromatic carbocycles. The van der Waals surface area contributed by atoms with E-state index in [0.717, 1.165) is 15.2 Å². The number of amides is 2. The van der Waals surface area contributed by atoms with Crippen LogP contribution in [0.4, 0.5) is 5.69 Å². The second-order valence-electron chi connectivity index (χ2n) is 6.34. The fourth-order valence-corrected chi connectivity index (χ4v) is 4.85. The van der Waals surface area contributed by atoms with Crippen LogP contribution in [0.2, 0.25) is 0 Å². The summed E-state index contributed by atoms with van der Waals surface area (Å²) in [7, 11) is -1.98.